The van der Waals surface area contributed by atoms with Crippen LogP contribution >= 0.6 is 0 Å². The first-order valence-electron chi connectivity index (χ1n) is 7.22. The molecule has 22 heavy (non-hydrogen) atoms. The highest BCUT2D eigenvalue weighted by atomic mass is 32.2. The summed E-state index contributed by atoms with van der Waals surface area (Å²) in [5.41, 5.74) is 0.186. The van der Waals surface area contributed by atoms with Gasteiger partial charge in [-0.3, -0.25) is 0 Å². The molecule has 0 unspecified atom stereocenters. The van der Waals surface area contributed by atoms with E-state index in [0.29, 0.717) is 11.0 Å². The largest absolute Gasteiger partial charge is 0.494 e. The van der Waals surface area contributed by atoms with E-state index in [4.69, 9.17) is 9.31 Å². The summed E-state index contributed by atoms with van der Waals surface area (Å²) in [6, 6.07) is 4.46. The molecule has 0 saturated carbocycles. The van der Waals surface area contributed by atoms with Gasteiger partial charge in [0.05, 0.1) is 17.0 Å². The Morgan fingerprint density at radius 2 is 1.64 bits per heavy atom. The lowest BCUT2D eigenvalue weighted by Crippen LogP contribution is -2.41. The third-order valence-electron chi connectivity index (χ3n) is 4.27. The van der Waals surface area contributed by atoms with Gasteiger partial charge in [-0.15, -0.1) is 0 Å². The van der Waals surface area contributed by atoms with E-state index in [1.54, 1.807) is 6.07 Å². The van der Waals surface area contributed by atoms with Gasteiger partial charge in [0.2, 0.25) is 0 Å². The first-order chi connectivity index (χ1) is 9.90. The summed E-state index contributed by atoms with van der Waals surface area (Å²) in [5, 5.41) is 0. The monoisotopic (exact) mass is 328 g/mol. The van der Waals surface area contributed by atoms with Crippen LogP contribution in [0.25, 0.3) is 0 Å². The van der Waals surface area contributed by atoms with Crippen molar-refractivity contribution in [2.75, 3.05) is 12.0 Å². The van der Waals surface area contributed by atoms with Crippen LogP contribution in [0, 0.1) is 5.82 Å². The molecule has 1 heterocycles. The molecule has 122 valence electrons. The Hall–Kier alpha value is -0.915. The van der Waals surface area contributed by atoms with Crippen molar-refractivity contribution in [1.82, 2.24) is 0 Å². The van der Waals surface area contributed by atoms with Gasteiger partial charge in [-0.2, -0.15) is 0 Å². The van der Waals surface area contributed by atoms with Crippen molar-refractivity contribution < 1.29 is 22.1 Å². The Bertz CT molecular complexity index is 654. The zero-order valence-electron chi connectivity index (χ0n) is 13.6. The van der Waals surface area contributed by atoms with E-state index in [-0.39, 0.29) is 12.2 Å². The molecule has 0 N–H and O–H groups in total. The molecular formula is C15H22BFO4S. The summed E-state index contributed by atoms with van der Waals surface area (Å²) < 4.78 is 48.1. The van der Waals surface area contributed by atoms with Gasteiger partial charge in [-0.1, -0.05) is 6.07 Å². The molecule has 0 bridgehead atoms. The van der Waals surface area contributed by atoms with Crippen LogP contribution in [0.5, 0.6) is 0 Å². The van der Waals surface area contributed by atoms with E-state index >= 15 is 0 Å². The number of aryl methyl sites for hydroxylation is 1. The maximum absolute atomic E-state index is 13.8. The van der Waals surface area contributed by atoms with Gasteiger partial charge in [0.15, 0.2) is 0 Å². The number of benzene rings is 1. The van der Waals surface area contributed by atoms with Gasteiger partial charge in [-0.25, -0.2) is 12.8 Å². The average molecular weight is 328 g/mol. The molecule has 0 spiro atoms. The summed E-state index contributed by atoms with van der Waals surface area (Å²) >= 11 is 0. The minimum atomic E-state index is -3.09. The second-order valence-corrected chi connectivity index (χ2v) is 9.12. The highest BCUT2D eigenvalue weighted by molar-refractivity contribution is 7.90. The Morgan fingerprint density at radius 3 is 2.14 bits per heavy atom. The zero-order valence-corrected chi connectivity index (χ0v) is 14.5. The predicted octanol–water partition coefficient (Wildman–Crippen LogP) is 1.71. The Labute approximate surface area is 132 Å². The van der Waals surface area contributed by atoms with Crippen LogP contribution in [0.1, 0.15) is 33.3 Å². The van der Waals surface area contributed by atoms with Crippen LogP contribution in [0.2, 0.25) is 0 Å². The Morgan fingerprint density at radius 1 is 1.09 bits per heavy atom. The number of sulfone groups is 1. The van der Waals surface area contributed by atoms with Crippen LogP contribution in [-0.4, -0.2) is 38.7 Å². The van der Waals surface area contributed by atoms with Crippen LogP contribution < -0.4 is 5.46 Å². The fraction of sp³-hybridized carbons (Fsp3) is 0.600. The molecule has 0 amide bonds. The van der Waals surface area contributed by atoms with Crippen molar-refractivity contribution in [2.24, 2.45) is 0 Å². The SMILES string of the molecule is CC1(C)OB(c2cc(F)cc(CCS(C)(=O)=O)c2)OC1(C)C. The topological polar surface area (TPSA) is 52.6 Å². The van der Waals surface area contributed by atoms with Crippen LogP contribution in [0.4, 0.5) is 4.39 Å². The molecule has 0 aromatic heterocycles. The molecule has 1 saturated heterocycles. The normalized spacial score (nSPS) is 20.4. The van der Waals surface area contributed by atoms with Gasteiger partial charge in [-0.05, 0) is 57.3 Å². The lowest BCUT2D eigenvalue weighted by Gasteiger charge is -2.32. The van der Waals surface area contributed by atoms with Crippen LogP contribution in [0.3, 0.4) is 0 Å². The number of halogens is 1. The maximum Gasteiger partial charge on any atom is 0.494 e. The second-order valence-electron chi connectivity index (χ2n) is 6.86. The molecular weight excluding hydrogens is 306 g/mol. The fourth-order valence-electron chi connectivity index (χ4n) is 2.24. The molecule has 7 heteroatoms. The first kappa shape index (κ1) is 17.4. The van der Waals surface area contributed by atoms with E-state index in [9.17, 15) is 12.8 Å². The van der Waals surface area contributed by atoms with Gasteiger partial charge in [0.1, 0.15) is 15.7 Å². The third kappa shape index (κ3) is 3.88. The highest BCUT2D eigenvalue weighted by Crippen LogP contribution is 2.36. The number of hydrogen-bond donors (Lipinski definition) is 0. The summed E-state index contributed by atoms with van der Waals surface area (Å²) in [6.07, 6.45) is 1.44. The Kier molecular flexibility index (Phi) is 4.45. The van der Waals surface area contributed by atoms with Crippen LogP contribution in [-0.2, 0) is 25.6 Å². The number of rotatable bonds is 4. The molecule has 1 fully saturated rings. The molecule has 2 rings (SSSR count). The molecule has 0 aliphatic carbocycles. The minimum absolute atomic E-state index is 0.0146. The lowest BCUT2D eigenvalue weighted by molar-refractivity contribution is 0.00578. The van der Waals surface area contributed by atoms with E-state index < -0.39 is 34.0 Å². The third-order valence-corrected chi connectivity index (χ3v) is 5.21. The molecule has 1 aliphatic rings. The standard InChI is InChI=1S/C15H22BFO4S/c1-14(2)15(3,4)21-16(20-14)12-8-11(9-13(17)10-12)6-7-22(5,18)19/h8-10H,6-7H2,1-5H3. The number of hydrogen-bond acceptors (Lipinski definition) is 4. The van der Waals surface area contributed by atoms with Crippen molar-refractivity contribution in [1.29, 1.82) is 0 Å². The summed E-state index contributed by atoms with van der Waals surface area (Å²) in [7, 11) is -3.74. The highest BCUT2D eigenvalue weighted by Gasteiger charge is 2.51. The van der Waals surface area contributed by atoms with E-state index in [0.717, 1.165) is 0 Å². The van der Waals surface area contributed by atoms with Crippen molar-refractivity contribution in [3.05, 3.63) is 29.6 Å². The van der Waals surface area contributed by atoms with E-state index in [1.165, 1.54) is 18.4 Å². The first-order valence-corrected chi connectivity index (χ1v) is 9.28. The molecule has 1 aromatic carbocycles. The molecule has 0 atom stereocenters. The van der Waals surface area contributed by atoms with Crippen molar-refractivity contribution in [3.63, 3.8) is 0 Å². The second kappa shape index (κ2) is 5.62. The van der Waals surface area contributed by atoms with Crippen molar-refractivity contribution >= 4 is 22.4 Å². The predicted molar refractivity (Wildman–Crippen MR) is 85.5 cm³/mol. The van der Waals surface area contributed by atoms with Crippen molar-refractivity contribution in [3.8, 4) is 0 Å². The molecule has 1 aliphatic heterocycles. The van der Waals surface area contributed by atoms with E-state index in [1.807, 2.05) is 27.7 Å². The van der Waals surface area contributed by atoms with Gasteiger partial charge in [0.25, 0.3) is 0 Å². The summed E-state index contributed by atoms with van der Waals surface area (Å²) in [6.45, 7) is 7.71. The summed E-state index contributed by atoms with van der Waals surface area (Å²) in [4.78, 5) is 0. The average Bonchev–Trinajstić information content (AvgIpc) is 2.55. The molecule has 4 nitrogen and oxygen atoms in total. The molecule has 0 radical (unpaired) electrons. The van der Waals surface area contributed by atoms with Gasteiger partial charge in [0, 0.05) is 6.26 Å². The fourth-order valence-corrected chi connectivity index (χ4v) is 2.84. The molecule has 1 aromatic rings. The zero-order chi connectivity index (χ0) is 16.8. The van der Waals surface area contributed by atoms with Gasteiger partial charge < -0.3 is 9.31 Å². The minimum Gasteiger partial charge on any atom is -0.399 e. The Balaban J connectivity index is 2.24. The summed E-state index contributed by atoms with van der Waals surface area (Å²) in [5.74, 6) is -0.435. The smallest absolute Gasteiger partial charge is 0.399 e. The van der Waals surface area contributed by atoms with Crippen molar-refractivity contribution in [2.45, 2.75) is 45.3 Å². The van der Waals surface area contributed by atoms with Crippen LogP contribution in [0.15, 0.2) is 18.2 Å². The van der Waals surface area contributed by atoms with Gasteiger partial charge >= 0.3 is 7.12 Å². The van der Waals surface area contributed by atoms with E-state index in [2.05, 4.69) is 0 Å². The maximum atomic E-state index is 13.8. The quantitative estimate of drug-likeness (QED) is 0.790. The lowest BCUT2D eigenvalue weighted by atomic mass is 9.78.